The highest BCUT2D eigenvalue weighted by Gasteiger charge is 2.24. The second-order valence-corrected chi connectivity index (χ2v) is 4.84. The molecule has 14 heavy (non-hydrogen) atoms. The minimum absolute atomic E-state index is 0.298. The number of aliphatic hydroxyl groups is 1. The molecule has 0 bridgehead atoms. The number of nitrogens with zero attached hydrogens (tertiary/aromatic N) is 1. The number of ether oxygens (including phenoxy) is 1. The van der Waals surface area contributed by atoms with Gasteiger partial charge in [0.15, 0.2) is 0 Å². The van der Waals surface area contributed by atoms with Crippen molar-refractivity contribution in [2.45, 2.75) is 45.6 Å². The third-order valence-corrected chi connectivity index (χ3v) is 2.28. The van der Waals surface area contributed by atoms with Gasteiger partial charge in [-0.1, -0.05) is 12.2 Å². The fourth-order valence-corrected chi connectivity index (χ4v) is 1.45. The van der Waals surface area contributed by atoms with Crippen molar-refractivity contribution >= 4 is 0 Å². The SMILES string of the molecule is C=C1CCN(C(O)OC(C)(C)C)CC1. The number of aliphatic hydroxyl groups excluding tert-OH is 1. The van der Waals surface area contributed by atoms with Crippen molar-refractivity contribution in [3.8, 4) is 0 Å². The minimum Gasteiger partial charge on any atom is -0.356 e. The molecule has 0 spiro atoms. The Morgan fingerprint density at radius 1 is 1.36 bits per heavy atom. The first kappa shape index (κ1) is 11.7. The largest absolute Gasteiger partial charge is 0.356 e. The molecule has 1 saturated heterocycles. The van der Waals surface area contributed by atoms with Gasteiger partial charge in [-0.05, 0) is 33.6 Å². The van der Waals surface area contributed by atoms with Crippen molar-refractivity contribution in [3.63, 3.8) is 0 Å². The molecular weight excluding hydrogens is 178 g/mol. The van der Waals surface area contributed by atoms with Gasteiger partial charge in [0.25, 0.3) is 0 Å². The fourth-order valence-electron chi connectivity index (χ4n) is 1.45. The van der Waals surface area contributed by atoms with E-state index in [1.807, 2.05) is 25.7 Å². The summed E-state index contributed by atoms with van der Waals surface area (Å²) < 4.78 is 5.46. The van der Waals surface area contributed by atoms with Gasteiger partial charge in [-0.3, -0.25) is 4.90 Å². The summed E-state index contributed by atoms with van der Waals surface area (Å²) in [5.41, 5.74) is 0.970. The molecule has 0 aromatic heterocycles. The van der Waals surface area contributed by atoms with Crippen molar-refractivity contribution in [3.05, 3.63) is 12.2 Å². The molecule has 1 rings (SSSR count). The van der Waals surface area contributed by atoms with E-state index in [1.54, 1.807) is 0 Å². The second-order valence-electron chi connectivity index (χ2n) is 4.84. The van der Waals surface area contributed by atoms with Crippen molar-refractivity contribution < 1.29 is 9.84 Å². The van der Waals surface area contributed by atoms with Crippen LogP contribution in [-0.2, 0) is 4.74 Å². The summed E-state index contributed by atoms with van der Waals surface area (Å²) in [4.78, 5) is 1.94. The van der Waals surface area contributed by atoms with Crippen LogP contribution in [0.5, 0.6) is 0 Å². The monoisotopic (exact) mass is 199 g/mol. The van der Waals surface area contributed by atoms with Gasteiger partial charge in [0.1, 0.15) is 0 Å². The number of rotatable bonds is 2. The molecule has 1 heterocycles. The van der Waals surface area contributed by atoms with E-state index < -0.39 is 6.41 Å². The number of piperidine rings is 1. The zero-order valence-corrected chi connectivity index (χ0v) is 9.42. The predicted octanol–water partition coefficient (Wildman–Crippen LogP) is 1.73. The zero-order valence-electron chi connectivity index (χ0n) is 9.42. The van der Waals surface area contributed by atoms with Crippen LogP contribution in [0.2, 0.25) is 0 Å². The molecule has 3 nitrogen and oxygen atoms in total. The van der Waals surface area contributed by atoms with E-state index >= 15 is 0 Å². The summed E-state index contributed by atoms with van der Waals surface area (Å²) in [5, 5.41) is 9.77. The number of likely N-dealkylation sites (tertiary alicyclic amines) is 1. The molecule has 0 radical (unpaired) electrons. The molecule has 0 saturated carbocycles. The highest BCUT2D eigenvalue weighted by atomic mass is 16.6. The van der Waals surface area contributed by atoms with Gasteiger partial charge in [0.2, 0.25) is 6.41 Å². The van der Waals surface area contributed by atoms with Gasteiger partial charge >= 0.3 is 0 Å². The average molecular weight is 199 g/mol. The van der Waals surface area contributed by atoms with Crippen LogP contribution in [0.25, 0.3) is 0 Å². The summed E-state index contributed by atoms with van der Waals surface area (Å²) in [6.07, 6.45) is 1.15. The summed E-state index contributed by atoms with van der Waals surface area (Å²) in [6, 6.07) is 0. The van der Waals surface area contributed by atoms with E-state index in [2.05, 4.69) is 6.58 Å². The second kappa shape index (κ2) is 4.43. The Morgan fingerprint density at radius 2 is 1.86 bits per heavy atom. The van der Waals surface area contributed by atoms with Gasteiger partial charge in [0, 0.05) is 13.1 Å². The van der Waals surface area contributed by atoms with Crippen LogP contribution >= 0.6 is 0 Å². The van der Waals surface area contributed by atoms with Crippen molar-refractivity contribution in [2.75, 3.05) is 13.1 Å². The van der Waals surface area contributed by atoms with Crippen LogP contribution < -0.4 is 0 Å². The van der Waals surface area contributed by atoms with Crippen molar-refractivity contribution in [1.82, 2.24) is 4.90 Å². The van der Waals surface area contributed by atoms with Gasteiger partial charge in [-0.2, -0.15) is 0 Å². The van der Waals surface area contributed by atoms with Crippen LogP contribution in [0.15, 0.2) is 12.2 Å². The maximum Gasteiger partial charge on any atom is 0.216 e. The normalized spacial score (nSPS) is 22.4. The topological polar surface area (TPSA) is 32.7 Å². The Hall–Kier alpha value is -0.380. The van der Waals surface area contributed by atoms with E-state index in [1.165, 1.54) is 5.57 Å². The van der Waals surface area contributed by atoms with Crippen LogP contribution in [-0.4, -0.2) is 35.1 Å². The molecule has 0 amide bonds. The lowest BCUT2D eigenvalue weighted by Gasteiger charge is -2.35. The van der Waals surface area contributed by atoms with Gasteiger partial charge in [0.05, 0.1) is 5.60 Å². The maximum atomic E-state index is 9.77. The molecular formula is C11H21NO2. The van der Waals surface area contributed by atoms with Crippen molar-refractivity contribution in [1.29, 1.82) is 0 Å². The first-order chi connectivity index (χ1) is 6.38. The highest BCUT2D eigenvalue weighted by molar-refractivity contribution is 4.98. The van der Waals surface area contributed by atoms with Crippen LogP contribution in [0, 0.1) is 0 Å². The van der Waals surface area contributed by atoms with E-state index in [0.29, 0.717) is 0 Å². The van der Waals surface area contributed by atoms with E-state index in [9.17, 15) is 5.11 Å². The molecule has 1 N–H and O–H groups in total. The van der Waals surface area contributed by atoms with E-state index in [-0.39, 0.29) is 5.60 Å². The predicted molar refractivity (Wildman–Crippen MR) is 56.8 cm³/mol. The first-order valence-corrected chi connectivity index (χ1v) is 5.15. The molecule has 82 valence electrons. The first-order valence-electron chi connectivity index (χ1n) is 5.15. The van der Waals surface area contributed by atoms with Gasteiger partial charge in [-0.15, -0.1) is 0 Å². The molecule has 1 aliphatic rings. The molecule has 3 heteroatoms. The molecule has 1 unspecified atom stereocenters. The Labute approximate surface area is 86.4 Å². The fraction of sp³-hybridized carbons (Fsp3) is 0.818. The Kier molecular flexibility index (Phi) is 3.70. The van der Waals surface area contributed by atoms with Gasteiger partial charge in [-0.25, -0.2) is 0 Å². The van der Waals surface area contributed by atoms with E-state index in [4.69, 9.17) is 4.74 Å². The molecule has 1 atom stereocenters. The Bertz CT molecular complexity index is 198. The van der Waals surface area contributed by atoms with Gasteiger partial charge < -0.3 is 9.84 Å². The van der Waals surface area contributed by atoms with Crippen molar-refractivity contribution in [2.24, 2.45) is 0 Å². The standard InChI is InChI=1S/C11H21NO2/c1-9-5-7-12(8-6-9)10(13)14-11(2,3)4/h10,13H,1,5-8H2,2-4H3. The molecule has 0 aromatic carbocycles. The lowest BCUT2D eigenvalue weighted by Crippen LogP contribution is -2.44. The van der Waals surface area contributed by atoms with E-state index in [0.717, 1.165) is 25.9 Å². The third kappa shape index (κ3) is 3.78. The molecule has 1 fully saturated rings. The minimum atomic E-state index is -0.775. The highest BCUT2D eigenvalue weighted by Crippen LogP contribution is 2.18. The van der Waals surface area contributed by atoms with Crippen LogP contribution in [0.1, 0.15) is 33.6 Å². The molecule has 0 aromatic rings. The maximum absolute atomic E-state index is 9.77. The lowest BCUT2D eigenvalue weighted by molar-refractivity contribution is -0.240. The summed E-state index contributed by atoms with van der Waals surface area (Å²) in [6.45, 7) is 11.5. The lowest BCUT2D eigenvalue weighted by atomic mass is 10.1. The van der Waals surface area contributed by atoms with Crippen LogP contribution in [0.4, 0.5) is 0 Å². The summed E-state index contributed by atoms with van der Waals surface area (Å²) in [7, 11) is 0. The number of hydrogen-bond donors (Lipinski definition) is 1. The average Bonchev–Trinajstić information content (AvgIpc) is 2.02. The zero-order chi connectivity index (χ0) is 10.8. The smallest absolute Gasteiger partial charge is 0.216 e. The Morgan fingerprint density at radius 3 is 2.29 bits per heavy atom. The summed E-state index contributed by atoms with van der Waals surface area (Å²) >= 11 is 0. The quantitative estimate of drug-likeness (QED) is 0.543. The molecule has 1 aliphatic heterocycles. The van der Waals surface area contributed by atoms with Crippen LogP contribution in [0.3, 0.4) is 0 Å². The number of hydrogen-bond acceptors (Lipinski definition) is 3. The molecule has 0 aliphatic carbocycles. The summed E-state index contributed by atoms with van der Waals surface area (Å²) in [5.74, 6) is 0. The Balaban J connectivity index is 2.38. The third-order valence-electron chi connectivity index (χ3n) is 2.28.